The monoisotopic (exact) mass is 355 g/mol. The van der Waals surface area contributed by atoms with Gasteiger partial charge in [0.15, 0.2) is 0 Å². The van der Waals surface area contributed by atoms with E-state index in [0.717, 1.165) is 12.1 Å². The number of nitrogen functional groups attached to an aromatic ring is 1. The van der Waals surface area contributed by atoms with Crippen molar-refractivity contribution in [3.8, 4) is 0 Å². The quantitative estimate of drug-likeness (QED) is 0.583. The van der Waals surface area contributed by atoms with Crippen LogP contribution in [0.25, 0.3) is 0 Å². The fourth-order valence-electron chi connectivity index (χ4n) is 2.10. The third-order valence-corrected chi connectivity index (χ3v) is 3.19. The molecule has 0 bridgehead atoms. The molecule has 0 fully saturated rings. The van der Waals surface area contributed by atoms with Crippen LogP contribution in [-0.4, -0.2) is 0 Å². The van der Waals surface area contributed by atoms with Gasteiger partial charge in [0.25, 0.3) is 0 Å². The fourth-order valence-corrected chi connectivity index (χ4v) is 2.10. The first kappa shape index (κ1) is 18.0. The zero-order valence-electron chi connectivity index (χ0n) is 11.7. The molecule has 0 aliphatic heterocycles. The summed E-state index contributed by atoms with van der Waals surface area (Å²) in [5.41, 5.74) is 0.752. The normalized spacial score (nSPS) is 12.5. The Bertz CT molecular complexity index is 706. The molecule has 0 saturated carbocycles. The number of benzene rings is 2. The maximum Gasteiger partial charge on any atom is 0.416 e. The van der Waals surface area contributed by atoms with E-state index in [2.05, 4.69) is 0 Å². The van der Waals surface area contributed by atoms with Gasteiger partial charge in [0, 0.05) is 0 Å². The molecule has 0 aliphatic rings. The predicted octanol–water partition coefficient (Wildman–Crippen LogP) is 5.18. The molecular formula is C15H9F8N. The molecule has 0 unspecified atom stereocenters. The van der Waals surface area contributed by atoms with E-state index >= 15 is 0 Å². The lowest BCUT2D eigenvalue weighted by molar-refractivity contribution is -0.143. The average molecular weight is 355 g/mol. The SMILES string of the molecule is Nc1c(F)cc(Cc2cc(C(F)(F)F)cc(C(F)(F)F)c2)cc1F. The number of hydrogen-bond donors (Lipinski definition) is 1. The standard InChI is InChI=1S/C15H9F8N/c16-11-4-8(5-12(17)13(11)24)1-7-2-9(14(18,19)20)6-10(3-7)15(21,22)23/h2-6H,1,24H2. The van der Waals surface area contributed by atoms with Gasteiger partial charge in [-0.05, 0) is 47.9 Å². The molecule has 0 heterocycles. The van der Waals surface area contributed by atoms with Crippen molar-refractivity contribution in [3.63, 3.8) is 0 Å². The molecule has 24 heavy (non-hydrogen) atoms. The van der Waals surface area contributed by atoms with Gasteiger partial charge in [-0.2, -0.15) is 26.3 Å². The van der Waals surface area contributed by atoms with Crippen LogP contribution in [0.3, 0.4) is 0 Å². The third kappa shape index (κ3) is 3.95. The molecule has 2 rings (SSSR count). The van der Waals surface area contributed by atoms with Crippen LogP contribution in [0.2, 0.25) is 0 Å². The summed E-state index contributed by atoms with van der Waals surface area (Å²) in [5, 5.41) is 0. The van der Waals surface area contributed by atoms with E-state index < -0.39 is 47.2 Å². The summed E-state index contributed by atoms with van der Waals surface area (Å²) in [4.78, 5) is 0. The zero-order valence-corrected chi connectivity index (χ0v) is 11.7. The topological polar surface area (TPSA) is 26.0 Å². The molecule has 2 aromatic carbocycles. The second kappa shape index (κ2) is 5.95. The van der Waals surface area contributed by atoms with Gasteiger partial charge in [0.2, 0.25) is 0 Å². The highest BCUT2D eigenvalue weighted by Crippen LogP contribution is 2.36. The van der Waals surface area contributed by atoms with Gasteiger partial charge in [-0.25, -0.2) is 8.78 Å². The van der Waals surface area contributed by atoms with E-state index in [0.29, 0.717) is 12.1 Å². The molecule has 130 valence electrons. The summed E-state index contributed by atoms with van der Waals surface area (Å²) in [7, 11) is 0. The zero-order chi connectivity index (χ0) is 18.3. The van der Waals surface area contributed by atoms with Crippen molar-refractivity contribution in [2.24, 2.45) is 0 Å². The number of rotatable bonds is 2. The van der Waals surface area contributed by atoms with Crippen LogP contribution in [0.4, 0.5) is 40.8 Å². The minimum Gasteiger partial charge on any atom is -0.394 e. The minimum atomic E-state index is -4.99. The van der Waals surface area contributed by atoms with E-state index in [-0.39, 0.29) is 17.2 Å². The highest BCUT2D eigenvalue weighted by molar-refractivity contribution is 5.45. The van der Waals surface area contributed by atoms with Gasteiger partial charge >= 0.3 is 12.4 Å². The summed E-state index contributed by atoms with van der Waals surface area (Å²) in [6.07, 6.45) is -10.5. The molecule has 0 spiro atoms. The summed E-state index contributed by atoms with van der Waals surface area (Å²) in [6.45, 7) is 0. The Balaban J connectivity index is 2.50. The van der Waals surface area contributed by atoms with Crippen LogP contribution in [0.1, 0.15) is 22.3 Å². The molecule has 0 saturated heterocycles. The number of anilines is 1. The van der Waals surface area contributed by atoms with Gasteiger partial charge in [-0.15, -0.1) is 0 Å². The second-order valence-corrected chi connectivity index (χ2v) is 5.06. The van der Waals surface area contributed by atoms with Gasteiger partial charge in [-0.1, -0.05) is 0 Å². The molecule has 2 aromatic rings. The fraction of sp³-hybridized carbons (Fsp3) is 0.200. The van der Waals surface area contributed by atoms with Crippen molar-refractivity contribution in [2.45, 2.75) is 18.8 Å². The highest BCUT2D eigenvalue weighted by atomic mass is 19.4. The lowest BCUT2D eigenvalue weighted by Crippen LogP contribution is -2.12. The molecule has 1 nitrogen and oxygen atoms in total. The first-order valence-corrected chi connectivity index (χ1v) is 6.39. The van der Waals surface area contributed by atoms with E-state index in [1.165, 1.54) is 0 Å². The van der Waals surface area contributed by atoms with Crippen molar-refractivity contribution in [1.29, 1.82) is 0 Å². The summed E-state index contributed by atoms with van der Waals surface area (Å²) in [5.74, 6) is -2.29. The van der Waals surface area contributed by atoms with E-state index in [1.54, 1.807) is 0 Å². The number of hydrogen-bond acceptors (Lipinski definition) is 1. The first-order chi connectivity index (χ1) is 10.9. The molecule has 0 aliphatic carbocycles. The number of halogens is 8. The molecule has 2 N–H and O–H groups in total. The largest absolute Gasteiger partial charge is 0.416 e. The van der Waals surface area contributed by atoms with Gasteiger partial charge < -0.3 is 5.73 Å². The van der Waals surface area contributed by atoms with Crippen molar-refractivity contribution < 1.29 is 35.1 Å². The Labute approximate surface area is 130 Å². The lowest BCUT2D eigenvalue weighted by Gasteiger charge is -2.14. The van der Waals surface area contributed by atoms with Crippen LogP contribution in [0, 0.1) is 11.6 Å². The van der Waals surface area contributed by atoms with E-state index in [4.69, 9.17) is 5.73 Å². The first-order valence-electron chi connectivity index (χ1n) is 6.39. The van der Waals surface area contributed by atoms with Crippen molar-refractivity contribution in [1.82, 2.24) is 0 Å². The van der Waals surface area contributed by atoms with E-state index in [9.17, 15) is 35.1 Å². The summed E-state index contributed by atoms with van der Waals surface area (Å²) < 4.78 is 103. The maximum atomic E-state index is 13.4. The van der Waals surface area contributed by atoms with Gasteiger partial charge in [-0.3, -0.25) is 0 Å². The lowest BCUT2D eigenvalue weighted by atomic mass is 9.99. The Morgan fingerprint density at radius 3 is 1.42 bits per heavy atom. The maximum absolute atomic E-state index is 13.4. The smallest absolute Gasteiger partial charge is 0.394 e. The summed E-state index contributed by atoms with van der Waals surface area (Å²) in [6, 6.07) is 2.49. The highest BCUT2D eigenvalue weighted by Gasteiger charge is 2.36. The Morgan fingerprint density at radius 2 is 1.04 bits per heavy atom. The molecule has 0 radical (unpaired) electrons. The number of alkyl halides is 6. The Morgan fingerprint density at radius 1 is 0.667 bits per heavy atom. The second-order valence-electron chi connectivity index (χ2n) is 5.06. The van der Waals surface area contributed by atoms with Crippen LogP contribution >= 0.6 is 0 Å². The van der Waals surface area contributed by atoms with Crippen molar-refractivity contribution in [2.75, 3.05) is 5.73 Å². The average Bonchev–Trinajstić information content (AvgIpc) is 2.42. The van der Waals surface area contributed by atoms with Crippen molar-refractivity contribution >= 4 is 5.69 Å². The molecule has 0 atom stereocenters. The summed E-state index contributed by atoms with van der Waals surface area (Å²) >= 11 is 0. The van der Waals surface area contributed by atoms with Crippen LogP contribution < -0.4 is 5.73 Å². The van der Waals surface area contributed by atoms with Crippen molar-refractivity contribution in [3.05, 3.63) is 64.2 Å². The Hall–Kier alpha value is -2.32. The minimum absolute atomic E-state index is 0.0202. The Kier molecular flexibility index (Phi) is 4.47. The van der Waals surface area contributed by atoms with Crippen LogP contribution in [0.15, 0.2) is 30.3 Å². The third-order valence-electron chi connectivity index (χ3n) is 3.19. The van der Waals surface area contributed by atoms with Crippen LogP contribution in [0.5, 0.6) is 0 Å². The molecule has 9 heteroatoms. The van der Waals surface area contributed by atoms with Gasteiger partial charge in [0.05, 0.1) is 11.1 Å². The number of nitrogens with two attached hydrogens (primary N) is 1. The van der Waals surface area contributed by atoms with Crippen LogP contribution in [-0.2, 0) is 18.8 Å². The molecule has 0 aromatic heterocycles. The molecule has 0 amide bonds. The predicted molar refractivity (Wildman–Crippen MR) is 70.0 cm³/mol. The van der Waals surface area contributed by atoms with Gasteiger partial charge in [0.1, 0.15) is 17.3 Å². The van der Waals surface area contributed by atoms with E-state index in [1.807, 2.05) is 0 Å². The molecular weight excluding hydrogens is 346 g/mol.